The summed E-state index contributed by atoms with van der Waals surface area (Å²) in [5, 5.41) is 10.8. The molecule has 15 heavy (non-hydrogen) atoms. The molecular weight excluding hydrogens is 200 g/mol. The first kappa shape index (κ1) is 11.2. The van der Waals surface area contributed by atoms with E-state index in [1.54, 1.807) is 6.92 Å². The van der Waals surface area contributed by atoms with Crippen LogP contribution in [0.4, 0.5) is 0 Å². The van der Waals surface area contributed by atoms with Crippen LogP contribution < -0.4 is 5.32 Å². The molecule has 82 valence electrons. The molecule has 2 N–H and O–H groups in total. The zero-order chi connectivity index (χ0) is 11.4. The highest BCUT2D eigenvalue weighted by atomic mass is 16.4. The SMILES string of the molecule is Cc1coc(CC(=O)N[C@@H](C)C(=O)O)n1. The highest BCUT2D eigenvalue weighted by Gasteiger charge is 2.15. The second kappa shape index (κ2) is 4.59. The fourth-order valence-corrected chi connectivity index (χ4v) is 0.975. The van der Waals surface area contributed by atoms with Gasteiger partial charge in [0.2, 0.25) is 11.8 Å². The van der Waals surface area contributed by atoms with Gasteiger partial charge in [-0.3, -0.25) is 9.59 Å². The number of aryl methyl sites for hydroxylation is 1. The van der Waals surface area contributed by atoms with Crippen molar-refractivity contribution in [2.75, 3.05) is 0 Å². The van der Waals surface area contributed by atoms with E-state index in [9.17, 15) is 9.59 Å². The normalized spacial score (nSPS) is 12.1. The fourth-order valence-electron chi connectivity index (χ4n) is 0.975. The Hall–Kier alpha value is -1.85. The summed E-state index contributed by atoms with van der Waals surface area (Å²) in [5.74, 6) is -1.22. The molecule has 1 atom stereocenters. The Morgan fingerprint density at radius 2 is 2.33 bits per heavy atom. The molecular formula is C9H12N2O4. The molecule has 0 aliphatic carbocycles. The number of amides is 1. The van der Waals surface area contributed by atoms with Crippen LogP contribution in [0.2, 0.25) is 0 Å². The van der Waals surface area contributed by atoms with E-state index in [0.29, 0.717) is 5.69 Å². The Kier molecular flexibility index (Phi) is 3.43. The number of carbonyl (C=O) groups excluding carboxylic acids is 1. The van der Waals surface area contributed by atoms with Crippen LogP contribution in [-0.2, 0) is 16.0 Å². The Bertz CT molecular complexity index is 372. The number of hydrogen-bond acceptors (Lipinski definition) is 4. The van der Waals surface area contributed by atoms with Gasteiger partial charge in [0.15, 0.2) is 0 Å². The molecule has 1 amide bonds. The highest BCUT2D eigenvalue weighted by Crippen LogP contribution is 2.01. The molecule has 0 bridgehead atoms. The third-order valence-corrected chi connectivity index (χ3v) is 1.73. The van der Waals surface area contributed by atoms with Crippen LogP contribution in [0.25, 0.3) is 0 Å². The summed E-state index contributed by atoms with van der Waals surface area (Å²) in [6.45, 7) is 3.13. The van der Waals surface area contributed by atoms with Crippen molar-refractivity contribution in [3.63, 3.8) is 0 Å². The molecule has 1 heterocycles. The molecule has 0 saturated carbocycles. The van der Waals surface area contributed by atoms with Crippen molar-refractivity contribution >= 4 is 11.9 Å². The standard InChI is InChI=1S/C9H12N2O4/c1-5-4-15-8(10-5)3-7(12)11-6(2)9(13)14/h4,6H,3H2,1-2H3,(H,11,12)(H,13,14)/t6-/m0/s1. The van der Waals surface area contributed by atoms with Gasteiger partial charge in [0.1, 0.15) is 18.7 Å². The van der Waals surface area contributed by atoms with E-state index in [1.807, 2.05) is 0 Å². The third kappa shape index (κ3) is 3.41. The van der Waals surface area contributed by atoms with Gasteiger partial charge in [-0.05, 0) is 13.8 Å². The first-order chi connectivity index (χ1) is 6.99. The second-order valence-electron chi connectivity index (χ2n) is 3.19. The van der Waals surface area contributed by atoms with Crippen LogP contribution in [0.5, 0.6) is 0 Å². The van der Waals surface area contributed by atoms with Crippen LogP contribution in [0, 0.1) is 6.92 Å². The smallest absolute Gasteiger partial charge is 0.325 e. The van der Waals surface area contributed by atoms with Gasteiger partial charge in [0.25, 0.3) is 0 Å². The maximum absolute atomic E-state index is 11.3. The largest absolute Gasteiger partial charge is 0.480 e. The summed E-state index contributed by atoms with van der Waals surface area (Å²) >= 11 is 0. The lowest BCUT2D eigenvalue weighted by atomic mass is 10.3. The highest BCUT2D eigenvalue weighted by molar-refractivity contribution is 5.83. The van der Waals surface area contributed by atoms with Crippen molar-refractivity contribution in [1.29, 1.82) is 0 Å². The Labute approximate surface area is 86.3 Å². The quantitative estimate of drug-likeness (QED) is 0.739. The van der Waals surface area contributed by atoms with Crippen molar-refractivity contribution in [1.82, 2.24) is 10.3 Å². The molecule has 1 rings (SSSR count). The van der Waals surface area contributed by atoms with Gasteiger partial charge in [-0.15, -0.1) is 0 Å². The van der Waals surface area contributed by atoms with Crippen LogP contribution in [0.15, 0.2) is 10.7 Å². The van der Waals surface area contributed by atoms with E-state index < -0.39 is 17.9 Å². The number of carboxylic acids is 1. The zero-order valence-corrected chi connectivity index (χ0v) is 8.48. The van der Waals surface area contributed by atoms with Crippen LogP contribution in [0.3, 0.4) is 0 Å². The number of carbonyl (C=O) groups is 2. The van der Waals surface area contributed by atoms with E-state index in [4.69, 9.17) is 9.52 Å². The lowest BCUT2D eigenvalue weighted by Crippen LogP contribution is -2.39. The predicted octanol–water partition coefficient (Wildman–Crippen LogP) is 0.115. The number of rotatable bonds is 4. The van der Waals surface area contributed by atoms with Crippen LogP contribution >= 0.6 is 0 Å². The van der Waals surface area contributed by atoms with Gasteiger partial charge in [0, 0.05) is 0 Å². The van der Waals surface area contributed by atoms with Gasteiger partial charge in [-0.1, -0.05) is 0 Å². The molecule has 6 nitrogen and oxygen atoms in total. The minimum absolute atomic E-state index is 0.0501. The maximum atomic E-state index is 11.3. The molecule has 0 radical (unpaired) electrons. The summed E-state index contributed by atoms with van der Waals surface area (Å²) < 4.78 is 4.96. The summed E-state index contributed by atoms with van der Waals surface area (Å²) in [6.07, 6.45) is 1.38. The Morgan fingerprint density at radius 1 is 1.67 bits per heavy atom. The molecule has 0 aliphatic rings. The van der Waals surface area contributed by atoms with Gasteiger partial charge in [-0.2, -0.15) is 0 Å². The lowest BCUT2D eigenvalue weighted by molar-refractivity contribution is -0.141. The topological polar surface area (TPSA) is 92.4 Å². The number of oxazole rings is 1. The average Bonchev–Trinajstić information content (AvgIpc) is 2.50. The van der Waals surface area contributed by atoms with Crippen LogP contribution in [0.1, 0.15) is 18.5 Å². The molecule has 0 aliphatic heterocycles. The summed E-state index contributed by atoms with van der Waals surface area (Å²) in [4.78, 5) is 25.6. The first-order valence-electron chi connectivity index (χ1n) is 4.42. The van der Waals surface area contributed by atoms with E-state index >= 15 is 0 Å². The number of aliphatic carboxylic acids is 1. The molecule has 0 saturated heterocycles. The summed E-state index contributed by atoms with van der Waals surface area (Å²) in [7, 11) is 0. The molecule has 0 spiro atoms. The van der Waals surface area contributed by atoms with Gasteiger partial charge in [0.05, 0.1) is 5.69 Å². The zero-order valence-electron chi connectivity index (χ0n) is 8.48. The van der Waals surface area contributed by atoms with E-state index in [-0.39, 0.29) is 12.3 Å². The molecule has 0 unspecified atom stereocenters. The Balaban J connectivity index is 2.46. The van der Waals surface area contributed by atoms with Gasteiger partial charge < -0.3 is 14.8 Å². The van der Waals surface area contributed by atoms with Crippen molar-refractivity contribution in [3.8, 4) is 0 Å². The fraction of sp³-hybridized carbons (Fsp3) is 0.444. The number of nitrogens with zero attached hydrogens (tertiary/aromatic N) is 1. The molecule has 0 aromatic carbocycles. The minimum Gasteiger partial charge on any atom is -0.480 e. The monoisotopic (exact) mass is 212 g/mol. The number of carboxylic acid groups (broad SMARTS) is 1. The summed E-state index contributed by atoms with van der Waals surface area (Å²) in [6, 6.07) is -0.909. The maximum Gasteiger partial charge on any atom is 0.325 e. The van der Waals surface area contributed by atoms with Crippen molar-refractivity contribution in [2.45, 2.75) is 26.3 Å². The van der Waals surface area contributed by atoms with E-state index in [0.717, 1.165) is 0 Å². The number of nitrogens with one attached hydrogen (secondary N) is 1. The summed E-state index contributed by atoms with van der Waals surface area (Å²) in [5.41, 5.74) is 0.684. The third-order valence-electron chi connectivity index (χ3n) is 1.73. The van der Waals surface area contributed by atoms with E-state index in [1.165, 1.54) is 13.2 Å². The molecule has 6 heteroatoms. The predicted molar refractivity (Wildman–Crippen MR) is 50.2 cm³/mol. The van der Waals surface area contributed by atoms with Crippen molar-refractivity contribution < 1.29 is 19.1 Å². The Morgan fingerprint density at radius 3 is 2.80 bits per heavy atom. The first-order valence-corrected chi connectivity index (χ1v) is 4.42. The van der Waals surface area contributed by atoms with Crippen LogP contribution in [-0.4, -0.2) is 28.0 Å². The molecule has 0 fully saturated rings. The van der Waals surface area contributed by atoms with Crippen molar-refractivity contribution in [2.24, 2.45) is 0 Å². The average molecular weight is 212 g/mol. The minimum atomic E-state index is -1.08. The second-order valence-corrected chi connectivity index (χ2v) is 3.19. The molecule has 1 aromatic heterocycles. The number of hydrogen-bond donors (Lipinski definition) is 2. The molecule has 1 aromatic rings. The van der Waals surface area contributed by atoms with Gasteiger partial charge >= 0.3 is 5.97 Å². The lowest BCUT2D eigenvalue weighted by Gasteiger charge is -2.07. The van der Waals surface area contributed by atoms with Crippen molar-refractivity contribution in [3.05, 3.63) is 17.8 Å². The van der Waals surface area contributed by atoms with E-state index in [2.05, 4.69) is 10.3 Å². The van der Waals surface area contributed by atoms with Gasteiger partial charge in [-0.25, -0.2) is 4.98 Å². The number of aromatic nitrogens is 1.